The van der Waals surface area contributed by atoms with Gasteiger partial charge in [0.15, 0.2) is 6.10 Å². The van der Waals surface area contributed by atoms with Crippen molar-refractivity contribution in [1.82, 2.24) is 0 Å². The van der Waals surface area contributed by atoms with E-state index in [1.54, 1.807) is 0 Å². The van der Waals surface area contributed by atoms with Crippen LogP contribution < -0.4 is 4.74 Å². The third kappa shape index (κ3) is 2.00. The molecule has 0 bridgehead atoms. The molecule has 0 saturated carbocycles. The van der Waals surface area contributed by atoms with Gasteiger partial charge < -0.3 is 9.47 Å². The number of ketones is 1. The molecule has 0 aliphatic carbocycles. The van der Waals surface area contributed by atoms with E-state index in [1.165, 1.54) is 31.4 Å². The predicted octanol–water partition coefficient (Wildman–Crippen LogP) is 2.48. The molecule has 1 aromatic rings. The summed E-state index contributed by atoms with van der Waals surface area (Å²) in [6.45, 7) is 0. The third-order valence-electron chi connectivity index (χ3n) is 2.51. The zero-order chi connectivity index (χ0) is 12.5. The molecule has 0 radical (unpaired) electrons. The molecular formula is C12H10F2O3. The van der Waals surface area contributed by atoms with Crippen LogP contribution in [0.15, 0.2) is 36.6 Å². The normalized spacial score (nSPS) is 22.1. The molecule has 17 heavy (non-hydrogen) atoms. The summed E-state index contributed by atoms with van der Waals surface area (Å²) in [7, 11) is 1.48. The van der Waals surface area contributed by atoms with Gasteiger partial charge in [0.1, 0.15) is 5.75 Å². The molecule has 0 amide bonds. The van der Waals surface area contributed by atoms with Crippen molar-refractivity contribution >= 4 is 5.78 Å². The number of halogens is 2. The number of hydrogen-bond donors (Lipinski definition) is 0. The fourth-order valence-corrected chi connectivity index (χ4v) is 1.57. The number of hydrogen-bond acceptors (Lipinski definition) is 3. The van der Waals surface area contributed by atoms with E-state index in [0.717, 1.165) is 12.3 Å². The van der Waals surface area contributed by atoms with Gasteiger partial charge in [-0.3, -0.25) is 4.79 Å². The van der Waals surface area contributed by atoms with Crippen LogP contribution in [0.25, 0.3) is 0 Å². The monoisotopic (exact) mass is 240 g/mol. The molecule has 1 aliphatic heterocycles. The van der Waals surface area contributed by atoms with Crippen molar-refractivity contribution in [2.45, 2.75) is 12.0 Å². The van der Waals surface area contributed by atoms with Gasteiger partial charge in [-0.25, -0.2) is 0 Å². The minimum absolute atomic E-state index is 0.230. The lowest BCUT2D eigenvalue weighted by molar-refractivity contribution is -0.162. The number of methoxy groups -OCH3 is 1. The summed E-state index contributed by atoms with van der Waals surface area (Å²) in [5, 5.41) is 0. The Bertz CT molecular complexity index is 451. The Morgan fingerprint density at radius 2 is 1.94 bits per heavy atom. The van der Waals surface area contributed by atoms with Crippen LogP contribution >= 0.6 is 0 Å². The van der Waals surface area contributed by atoms with Gasteiger partial charge in [0.2, 0.25) is 5.78 Å². The van der Waals surface area contributed by atoms with Crippen LogP contribution in [0, 0.1) is 0 Å². The zero-order valence-corrected chi connectivity index (χ0v) is 9.02. The fourth-order valence-electron chi connectivity index (χ4n) is 1.57. The van der Waals surface area contributed by atoms with Gasteiger partial charge in [0.25, 0.3) is 0 Å². The minimum Gasteiger partial charge on any atom is -0.497 e. The average molecular weight is 240 g/mol. The summed E-state index contributed by atoms with van der Waals surface area (Å²) in [6.07, 6.45) is 0.153. The van der Waals surface area contributed by atoms with E-state index >= 15 is 0 Å². The maximum Gasteiger partial charge on any atom is 0.349 e. The molecule has 1 aliphatic rings. The SMILES string of the molecule is COc1ccc(C2OC=CC(=O)C2(F)F)cc1. The molecule has 5 heteroatoms. The summed E-state index contributed by atoms with van der Waals surface area (Å²) >= 11 is 0. The first kappa shape index (κ1) is 11.6. The Morgan fingerprint density at radius 1 is 1.29 bits per heavy atom. The van der Waals surface area contributed by atoms with Crippen LogP contribution in [0.1, 0.15) is 11.7 Å². The molecule has 0 N–H and O–H groups in total. The van der Waals surface area contributed by atoms with E-state index in [0.29, 0.717) is 5.75 Å². The summed E-state index contributed by atoms with van der Waals surface area (Å²) in [5.41, 5.74) is 0.230. The van der Waals surface area contributed by atoms with Gasteiger partial charge in [-0.15, -0.1) is 0 Å². The zero-order valence-electron chi connectivity index (χ0n) is 9.02. The highest BCUT2D eigenvalue weighted by atomic mass is 19.3. The lowest BCUT2D eigenvalue weighted by Gasteiger charge is -2.27. The number of allylic oxidation sites excluding steroid dienone is 1. The summed E-state index contributed by atoms with van der Waals surface area (Å²) < 4.78 is 36.9. The average Bonchev–Trinajstić information content (AvgIpc) is 2.33. The van der Waals surface area contributed by atoms with Crippen molar-refractivity contribution < 1.29 is 23.0 Å². The standard InChI is InChI=1S/C12H10F2O3/c1-16-9-4-2-8(3-5-9)11-12(13,14)10(15)6-7-17-11/h2-7,11H,1H3. The van der Waals surface area contributed by atoms with E-state index in [4.69, 9.17) is 9.47 Å². The number of carbonyl (C=O) groups excluding carboxylic acids is 1. The second-order valence-electron chi connectivity index (χ2n) is 3.58. The molecule has 1 unspecified atom stereocenters. The number of ether oxygens (including phenoxy) is 2. The van der Waals surface area contributed by atoms with E-state index in [9.17, 15) is 13.6 Å². The fraction of sp³-hybridized carbons (Fsp3) is 0.250. The Labute approximate surface area is 96.6 Å². The molecule has 90 valence electrons. The molecule has 1 heterocycles. The molecule has 0 saturated heterocycles. The highest BCUT2D eigenvalue weighted by molar-refractivity contribution is 5.96. The quantitative estimate of drug-likeness (QED) is 0.796. The van der Waals surface area contributed by atoms with E-state index in [2.05, 4.69) is 0 Å². The Hall–Kier alpha value is -1.91. The molecule has 1 aromatic carbocycles. The lowest BCUT2D eigenvalue weighted by atomic mass is 9.98. The van der Waals surface area contributed by atoms with Gasteiger partial charge in [0.05, 0.1) is 13.4 Å². The molecule has 3 nitrogen and oxygen atoms in total. The van der Waals surface area contributed by atoms with Crippen molar-refractivity contribution in [2.75, 3.05) is 7.11 Å². The summed E-state index contributed by atoms with van der Waals surface area (Å²) in [6, 6.07) is 5.98. The van der Waals surface area contributed by atoms with E-state index in [-0.39, 0.29) is 5.56 Å². The first-order valence-electron chi connectivity index (χ1n) is 4.94. The third-order valence-corrected chi connectivity index (χ3v) is 2.51. The van der Waals surface area contributed by atoms with Crippen LogP contribution in [-0.4, -0.2) is 18.8 Å². The van der Waals surface area contributed by atoms with Crippen LogP contribution in [0.2, 0.25) is 0 Å². The molecule has 0 spiro atoms. The van der Waals surface area contributed by atoms with Gasteiger partial charge in [0, 0.05) is 6.08 Å². The maximum absolute atomic E-state index is 13.6. The van der Waals surface area contributed by atoms with Crippen LogP contribution in [0.4, 0.5) is 8.78 Å². The summed E-state index contributed by atoms with van der Waals surface area (Å²) in [4.78, 5) is 11.1. The molecule has 2 rings (SSSR count). The lowest BCUT2D eigenvalue weighted by Crippen LogP contribution is -2.37. The van der Waals surface area contributed by atoms with E-state index < -0.39 is 17.8 Å². The van der Waals surface area contributed by atoms with Crippen molar-refractivity contribution in [3.63, 3.8) is 0 Å². The van der Waals surface area contributed by atoms with Crippen molar-refractivity contribution in [3.8, 4) is 5.75 Å². The Kier molecular flexibility index (Phi) is 2.83. The molecule has 0 aromatic heterocycles. The van der Waals surface area contributed by atoms with Gasteiger partial charge in [-0.2, -0.15) is 8.78 Å². The van der Waals surface area contributed by atoms with Crippen molar-refractivity contribution in [3.05, 3.63) is 42.2 Å². The second kappa shape index (κ2) is 4.16. The second-order valence-corrected chi connectivity index (χ2v) is 3.58. The van der Waals surface area contributed by atoms with Crippen molar-refractivity contribution in [1.29, 1.82) is 0 Å². The Morgan fingerprint density at radius 3 is 2.53 bits per heavy atom. The van der Waals surface area contributed by atoms with Gasteiger partial charge in [-0.05, 0) is 17.7 Å². The number of rotatable bonds is 2. The molecule has 0 fully saturated rings. The topological polar surface area (TPSA) is 35.5 Å². The van der Waals surface area contributed by atoms with Crippen LogP contribution in [0.3, 0.4) is 0 Å². The van der Waals surface area contributed by atoms with Crippen LogP contribution in [0.5, 0.6) is 5.75 Å². The van der Waals surface area contributed by atoms with Gasteiger partial charge >= 0.3 is 5.92 Å². The molecule has 1 atom stereocenters. The first-order chi connectivity index (χ1) is 8.05. The predicted molar refractivity (Wildman–Crippen MR) is 55.9 cm³/mol. The summed E-state index contributed by atoms with van der Waals surface area (Å²) in [5.74, 6) is -4.23. The van der Waals surface area contributed by atoms with Crippen LogP contribution in [-0.2, 0) is 9.53 Å². The molecular weight excluding hydrogens is 230 g/mol. The van der Waals surface area contributed by atoms with E-state index in [1.807, 2.05) is 0 Å². The number of alkyl halides is 2. The largest absolute Gasteiger partial charge is 0.497 e. The maximum atomic E-state index is 13.6. The minimum atomic E-state index is -3.54. The van der Waals surface area contributed by atoms with Gasteiger partial charge in [-0.1, -0.05) is 12.1 Å². The smallest absolute Gasteiger partial charge is 0.349 e. The highest BCUT2D eigenvalue weighted by Crippen LogP contribution is 2.38. The number of benzene rings is 1. The highest BCUT2D eigenvalue weighted by Gasteiger charge is 2.50. The Balaban J connectivity index is 2.32. The first-order valence-corrected chi connectivity index (χ1v) is 4.94. The number of carbonyl (C=O) groups is 1. The van der Waals surface area contributed by atoms with Crippen molar-refractivity contribution in [2.24, 2.45) is 0 Å².